The van der Waals surface area contributed by atoms with Crippen molar-refractivity contribution in [3.63, 3.8) is 0 Å². The van der Waals surface area contributed by atoms with Crippen LogP contribution >= 0.6 is 0 Å². The van der Waals surface area contributed by atoms with Crippen molar-refractivity contribution < 1.29 is 14.3 Å². The minimum atomic E-state index is -0.363. The second-order valence-corrected chi connectivity index (χ2v) is 7.19. The van der Waals surface area contributed by atoms with Crippen molar-refractivity contribution in [1.29, 1.82) is 0 Å². The Morgan fingerprint density at radius 3 is 2.88 bits per heavy atom. The maximum atomic E-state index is 13.1. The minimum absolute atomic E-state index is 0.117. The number of aromatic amines is 1. The van der Waals surface area contributed by atoms with Crippen molar-refractivity contribution in [2.75, 3.05) is 20.2 Å². The number of carbonyl (C=O) groups excluding carboxylic acids is 2. The molecule has 126 valence electrons. The summed E-state index contributed by atoms with van der Waals surface area (Å²) in [6.45, 7) is 5.30. The predicted molar refractivity (Wildman–Crippen MR) is 91.0 cm³/mol. The van der Waals surface area contributed by atoms with E-state index in [0.29, 0.717) is 12.5 Å². The van der Waals surface area contributed by atoms with Crippen LogP contribution in [0.5, 0.6) is 0 Å². The van der Waals surface area contributed by atoms with Gasteiger partial charge in [0.25, 0.3) is 0 Å². The molecule has 1 aromatic heterocycles. The van der Waals surface area contributed by atoms with Crippen LogP contribution in [0.4, 0.5) is 0 Å². The lowest BCUT2D eigenvalue weighted by atomic mass is 10.0. The molecular formula is C19H22N2O3. The summed E-state index contributed by atoms with van der Waals surface area (Å²) in [5.41, 5.74) is 2.30. The van der Waals surface area contributed by atoms with Gasteiger partial charge in [-0.15, -0.1) is 0 Å². The van der Waals surface area contributed by atoms with Crippen LogP contribution < -0.4 is 0 Å². The van der Waals surface area contributed by atoms with Gasteiger partial charge in [0.1, 0.15) is 0 Å². The van der Waals surface area contributed by atoms with Crippen LogP contribution in [0.15, 0.2) is 24.3 Å². The number of fused-ring (bicyclic) bond motifs is 2. The normalized spacial score (nSPS) is 27.0. The Kier molecular flexibility index (Phi) is 3.32. The van der Waals surface area contributed by atoms with Gasteiger partial charge in [0.15, 0.2) is 5.78 Å². The number of para-hydroxylation sites is 1. The molecule has 1 saturated heterocycles. The third-order valence-electron chi connectivity index (χ3n) is 5.83. The van der Waals surface area contributed by atoms with Crippen LogP contribution in [0.2, 0.25) is 0 Å². The lowest BCUT2D eigenvalue weighted by molar-refractivity contribution is -0.147. The second kappa shape index (κ2) is 5.18. The molecule has 0 bridgehead atoms. The van der Waals surface area contributed by atoms with Gasteiger partial charge in [0.2, 0.25) is 0 Å². The average molecular weight is 326 g/mol. The molecule has 4 rings (SSSR count). The van der Waals surface area contributed by atoms with E-state index in [9.17, 15) is 9.59 Å². The van der Waals surface area contributed by atoms with Crippen molar-refractivity contribution in [3.8, 4) is 0 Å². The van der Waals surface area contributed by atoms with Gasteiger partial charge < -0.3 is 9.72 Å². The fraction of sp³-hybridized carbons (Fsp3) is 0.474. The summed E-state index contributed by atoms with van der Waals surface area (Å²) in [5.74, 6) is 0.327. The number of aryl methyl sites for hydroxylation is 1. The number of nitrogens with zero attached hydrogens (tertiary/aromatic N) is 1. The van der Waals surface area contributed by atoms with Gasteiger partial charge in [-0.2, -0.15) is 0 Å². The minimum Gasteiger partial charge on any atom is -0.469 e. The number of benzene rings is 1. The molecule has 1 aromatic carbocycles. The number of hydrogen-bond acceptors (Lipinski definition) is 4. The van der Waals surface area contributed by atoms with Crippen molar-refractivity contribution in [2.24, 2.45) is 11.3 Å². The maximum Gasteiger partial charge on any atom is 0.313 e. The lowest BCUT2D eigenvalue weighted by Gasteiger charge is -2.26. The molecule has 0 amide bonds. The van der Waals surface area contributed by atoms with Gasteiger partial charge in [-0.05, 0) is 32.3 Å². The zero-order valence-electron chi connectivity index (χ0n) is 14.3. The highest BCUT2D eigenvalue weighted by molar-refractivity contribution is 6.11. The quantitative estimate of drug-likeness (QED) is 0.693. The van der Waals surface area contributed by atoms with E-state index in [0.717, 1.165) is 35.1 Å². The Hall–Kier alpha value is -2.14. The number of rotatable bonds is 4. The van der Waals surface area contributed by atoms with Gasteiger partial charge in [-0.1, -0.05) is 18.2 Å². The summed E-state index contributed by atoms with van der Waals surface area (Å²) < 4.78 is 4.96. The van der Waals surface area contributed by atoms with Crippen LogP contribution in [0, 0.1) is 18.3 Å². The van der Waals surface area contributed by atoms with Crippen molar-refractivity contribution in [3.05, 3.63) is 35.5 Å². The van der Waals surface area contributed by atoms with E-state index >= 15 is 0 Å². The number of piperidine rings is 1. The second-order valence-electron chi connectivity index (χ2n) is 7.19. The standard InChI is InChI=1S/C19H22N2O3/c1-11-16(14-6-4-5-7-15(14)20-11)17(22)12(2)21-9-13-8-19(13,10-21)18(23)24-3/h4-7,12-13,20H,8-10H2,1-3H3. The molecule has 0 spiro atoms. The molecule has 5 nitrogen and oxygen atoms in total. The van der Waals surface area contributed by atoms with E-state index in [1.54, 1.807) is 0 Å². The number of esters is 1. The van der Waals surface area contributed by atoms with Gasteiger partial charge in [0, 0.05) is 35.2 Å². The third kappa shape index (κ3) is 2.04. The first-order valence-corrected chi connectivity index (χ1v) is 8.42. The fourth-order valence-electron chi connectivity index (χ4n) is 4.31. The predicted octanol–water partition coefficient (Wildman–Crippen LogP) is 2.54. The van der Waals surface area contributed by atoms with Crippen LogP contribution in [-0.2, 0) is 9.53 Å². The van der Waals surface area contributed by atoms with Crippen LogP contribution in [0.1, 0.15) is 29.4 Å². The summed E-state index contributed by atoms with van der Waals surface area (Å²) >= 11 is 0. The molecular weight excluding hydrogens is 304 g/mol. The molecule has 2 fully saturated rings. The molecule has 1 N–H and O–H groups in total. The number of H-pyrrole nitrogens is 1. The Balaban J connectivity index is 1.59. The van der Waals surface area contributed by atoms with E-state index in [2.05, 4.69) is 9.88 Å². The summed E-state index contributed by atoms with van der Waals surface area (Å²) in [5, 5.41) is 0.971. The number of nitrogens with one attached hydrogen (secondary N) is 1. The molecule has 0 radical (unpaired) electrons. The first-order valence-electron chi connectivity index (χ1n) is 8.42. The maximum absolute atomic E-state index is 13.1. The molecule has 2 heterocycles. The zero-order valence-corrected chi connectivity index (χ0v) is 14.3. The van der Waals surface area contributed by atoms with Crippen LogP contribution in [0.3, 0.4) is 0 Å². The molecule has 3 unspecified atom stereocenters. The smallest absolute Gasteiger partial charge is 0.313 e. The number of carbonyl (C=O) groups is 2. The van der Waals surface area contributed by atoms with Crippen molar-refractivity contribution >= 4 is 22.7 Å². The zero-order chi connectivity index (χ0) is 17.1. The van der Waals surface area contributed by atoms with E-state index in [4.69, 9.17) is 4.74 Å². The Morgan fingerprint density at radius 1 is 1.38 bits per heavy atom. The van der Waals surface area contributed by atoms with E-state index in [-0.39, 0.29) is 23.2 Å². The highest BCUT2D eigenvalue weighted by Crippen LogP contribution is 2.58. The average Bonchev–Trinajstić information content (AvgIpc) is 2.99. The summed E-state index contributed by atoms with van der Waals surface area (Å²) in [6, 6.07) is 7.65. The van der Waals surface area contributed by atoms with E-state index < -0.39 is 0 Å². The van der Waals surface area contributed by atoms with E-state index in [1.165, 1.54) is 7.11 Å². The molecule has 24 heavy (non-hydrogen) atoms. The van der Waals surface area contributed by atoms with Gasteiger partial charge in [-0.3, -0.25) is 14.5 Å². The van der Waals surface area contributed by atoms with Crippen molar-refractivity contribution in [1.82, 2.24) is 9.88 Å². The summed E-state index contributed by atoms with van der Waals surface area (Å²) in [4.78, 5) is 30.6. The van der Waals surface area contributed by atoms with Crippen molar-refractivity contribution in [2.45, 2.75) is 26.3 Å². The molecule has 1 saturated carbocycles. The van der Waals surface area contributed by atoms with Gasteiger partial charge in [0.05, 0.1) is 18.6 Å². The SMILES string of the molecule is COC(=O)C12CC1CN(C(C)C(=O)c1c(C)[nH]c3ccccc13)C2. The van der Waals surface area contributed by atoms with Crippen LogP contribution in [0.25, 0.3) is 10.9 Å². The number of ketones is 1. The van der Waals surface area contributed by atoms with Gasteiger partial charge >= 0.3 is 5.97 Å². The van der Waals surface area contributed by atoms with E-state index in [1.807, 2.05) is 38.1 Å². The fourth-order valence-corrected chi connectivity index (χ4v) is 4.31. The van der Waals surface area contributed by atoms with Gasteiger partial charge in [-0.25, -0.2) is 0 Å². The summed E-state index contributed by atoms with van der Waals surface area (Å²) in [7, 11) is 1.44. The number of aromatic nitrogens is 1. The molecule has 1 aliphatic heterocycles. The third-order valence-corrected chi connectivity index (χ3v) is 5.83. The highest BCUT2D eigenvalue weighted by Gasteiger charge is 2.66. The van der Waals surface area contributed by atoms with Crippen LogP contribution in [-0.4, -0.2) is 47.9 Å². The first-order chi connectivity index (χ1) is 11.5. The Bertz CT molecular complexity index is 840. The largest absolute Gasteiger partial charge is 0.469 e. The molecule has 2 aromatic rings. The summed E-state index contributed by atoms with van der Waals surface area (Å²) in [6.07, 6.45) is 0.892. The number of ether oxygens (including phenoxy) is 1. The monoisotopic (exact) mass is 326 g/mol. The molecule has 3 atom stereocenters. The molecule has 5 heteroatoms. The molecule has 1 aliphatic carbocycles. The number of Topliss-reactive ketones (excluding diaryl/α,β-unsaturated/α-hetero) is 1. The lowest BCUT2D eigenvalue weighted by Crippen LogP contribution is -2.40. The topological polar surface area (TPSA) is 62.4 Å². The Labute approximate surface area is 141 Å². The Morgan fingerprint density at radius 2 is 2.12 bits per heavy atom. The number of hydrogen-bond donors (Lipinski definition) is 1. The number of methoxy groups -OCH3 is 1. The first kappa shape index (κ1) is 15.4. The number of likely N-dealkylation sites (tertiary alicyclic amines) is 1. The molecule has 2 aliphatic rings. The highest BCUT2D eigenvalue weighted by atomic mass is 16.5.